The summed E-state index contributed by atoms with van der Waals surface area (Å²) < 4.78 is 22.2. The summed E-state index contributed by atoms with van der Waals surface area (Å²) >= 11 is 0. The highest BCUT2D eigenvalue weighted by Crippen LogP contribution is 2.52. The summed E-state index contributed by atoms with van der Waals surface area (Å²) in [4.78, 5) is 17.6. The van der Waals surface area contributed by atoms with Gasteiger partial charge < -0.3 is 19.1 Å². The monoisotopic (exact) mass is 546 g/mol. The highest BCUT2D eigenvalue weighted by atomic mass is 16.7. The summed E-state index contributed by atoms with van der Waals surface area (Å²) in [5.41, 5.74) is 5.05. The van der Waals surface area contributed by atoms with Crippen molar-refractivity contribution in [2.45, 2.75) is 66.1 Å². The Hall–Kier alpha value is -3.59. The summed E-state index contributed by atoms with van der Waals surface area (Å²) in [6, 6.07) is 12.4. The zero-order valence-corrected chi connectivity index (χ0v) is 24.0. The standard InChI is InChI=1S/C31H38N4O5/c1-20-25(33-40-32-20)15-34(5)14-23-10-21(22-7-9-27-28(11-22)39-19-38-27)6-8-26(23)37-16-29(36)35-18-31(4)13-24(35)12-30(2,3)17-31/h6-11,24H,12-19H2,1-5H3. The third-order valence-electron chi connectivity index (χ3n) is 8.46. The van der Waals surface area contributed by atoms with Gasteiger partial charge in [-0.3, -0.25) is 9.69 Å². The SMILES string of the molecule is Cc1nonc1CN(C)Cc1cc(-c2ccc3c(c2)OCO3)ccc1OCC(=O)N1CC2(C)CC1CC(C)(C)C2. The average molecular weight is 547 g/mol. The van der Waals surface area contributed by atoms with E-state index >= 15 is 0 Å². The van der Waals surface area contributed by atoms with E-state index in [4.69, 9.17) is 18.8 Å². The zero-order valence-electron chi connectivity index (χ0n) is 24.0. The largest absolute Gasteiger partial charge is 0.483 e. The van der Waals surface area contributed by atoms with E-state index in [1.807, 2.05) is 44.3 Å². The van der Waals surface area contributed by atoms with Crippen molar-refractivity contribution < 1.29 is 23.6 Å². The molecular weight excluding hydrogens is 508 g/mol. The first-order valence-corrected chi connectivity index (χ1v) is 14.0. The van der Waals surface area contributed by atoms with E-state index in [0.29, 0.717) is 24.9 Å². The summed E-state index contributed by atoms with van der Waals surface area (Å²) in [6.45, 7) is 11.1. The minimum Gasteiger partial charge on any atom is -0.483 e. The van der Waals surface area contributed by atoms with E-state index < -0.39 is 0 Å². The summed E-state index contributed by atoms with van der Waals surface area (Å²) in [7, 11) is 2.02. The van der Waals surface area contributed by atoms with Crippen LogP contribution in [0.1, 0.15) is 57.0 Å². The van der Waals surface area contributed by atoms with Gasteiger partial charge in [-0.25, -0.2) is 4.63 Å². The second-order valence-electron chi connectivity index (χ2n) is 12.9. The number of ether oxygens (including phenoxy) is 3. The van der Waals surface area contributed by atoms with Gasteiger partial charge >= 0.3 is 0 Å². The molecule has 2 aromatic carbocycles. The molecule has 0 spiro atoms. The number of benzene rings is 2. The number of hydrogen-bond donors (Lipinski definition) is 0. The lowest BCUT2D eigenvalue weighted by molar-refractivity contribution is -0.134. The molecule has 9 heteroatoms. The van der Waals surface area contributed by atoms with E-state index in [1.165, 1.54) is 0 Å². The molecule has 2 bridgehead atoms. The lowest BCUT2D eigenvalue weighted by Gasteiger charge is -2.39. The smallest absolute Gasteiger partial charge is 0.260 e. The number of aromatic nitrogens is 2. The van der Waals surface area contributed by atoms with E-state index in [2.05, 4.69) is 47.0 Å². The van der Waals surface area contributed by atoms with E-state index in [1.54, 1.807) is 0 Å². The van der Waals surface area contributed by atoms with Crippen LogP contribution in [0.4, 0.5) is 0 Å². The van der Waals surface area contributed by atoms with Crippen molar-refractivity contribution in [1.29, 1.82) is 0 Å². The van der Waals surface area contributed by atoms with E-state index in [0.717, 1.165) is 65.4 Å². The van der Waals surface area contributed by atoms with Crippen molar-refractivity contribution >= 4 is 5.91 Å². The van der Waals surface area contributed by atoms with Crippen molar-refractivity contribution in [2.24, 2.45) is 10.8 Å². The number of carbonyl (C=O) groups is 1. The number of fused-ring (bicyclic) bond motifs is 3. The fourth-order valence-electron chi connectivity index (χ4n) is 7.07. The first kappa shape index (κ1) is 26.6. The predicted molar refractivity (Wildman–Crippen MR) is 149 cm³/mol. The second-order valence-corrected chi connectivity index (χ2v) is 12.9. The Morgan fingerprint density at radius 1 is 1.05 bits per heavy atom. The van der Waals surface area contributed by atoms with Crippen LogP contribution in [0.5, 0.6) is 17.2 Å². The third-order valence-corrected chi connectivity index (χ3v) is 8.46. The molecule has 9 nitrogen and oxygen atoms in total. The zero-order chi connectivity index (χ0) is 28.1. The summed E-state index contributed by atoms with van der Waals surface area (Å²) in [6.07, 6.45) is 3.28. The van der Waals surface area contributed by atoms with Gasteiger partial charge in [0.15, 0.2) is 18.1 Å². The Balaban J connectivity index is 1.21. The van der Waals surface area contributed by atoms with Gasteiger partial charge in [-0.2, -0.15) is 0 Å². The maximum Gasteiger partial charge on any atom is 0.260 e. The molecule has 1 saturated heterocycles. The molecule has 1 aliphatic carbocycles. The maximum atomic E-state index is 13.4. The van der Waals surface area contributed by atoms with Gasteiger partial charge in [-0.15, -0.1) is 0 Å². The molecule has 40 heavy (non-hydrogen) atoms. The van der Waals surface area contributed by atoms with Crippen LogP contribution in [0.15, 0.2) is 41.0 Å². The van der Waals surface area contributed by atoms with Crippen molar-refractivity contribution in [1.82, 2.24) is 20.1 Å². The van der Waals surface area contributed by atoms with Crippen LogP contribution in [-0.4, -0.2) is 59.1 Å². The Morgan fingerprint density at radius 2 is 1.82 bits per heavy atom. The van der Waals surface area contributed by atoms with Crippen LogP contribution in [0.3, 0.4) is 0 Å². The molecule has 2 atom stereocenters. The van der Waals surface area contributed by atoms with Crippen LogP contribution in [-0.2, 0) is 17.9 Å². The quantitative estimate of drug-likeness (QED) is 0.380. The molecule has 6 rings (SSSR count). The highest BCUT2D eigenvalue weighted by Gasteiger charge is 2.50. The van der Waals surface area contributed by atoms with Crippen LogP contribution >= 0.6 is 0 Å². The van der Waals surface area contributed by atoms with Crippen molar-refractivity contribution in [3.8, 4) is 28.4 Å². The number of likely N-dealkylation sites (tertiary alicyclic amines) is 1. The minimum absolute atomic E-state index is 0.0272. The third kappa shape index (κ3) is 5.39. The summed E-state index contributed by atoms with van der Waals surface area (Å²) in [5.74, 6) is 2.26. The van der Waals surface area contributed by atoms with Crippen molar-refractivity contribution in [3.05, 3.63) is 53.3 Å². The maximum absolute atomic E-state index is 13.4. The van der Waals surface area contributed by atoms with Gasteiger partial charge in [0, 0.05) is 31.2 Å². The topological polar surface area (TPSA) is 90.2 Å². The molecule has 0 radical (unpaired) electrons. The molecule has 3 aromatic rings. The van der Waals surface area contributed by atoms with Gasteiger partial charge in [0.1, 0.15) is 17.1 Å². The molecule has 2 aliphatic heterocycles. The van der Waals surface area contributed by atoms with Crippen LogP contribution in [0, 0.1) is 17.8 Å². The van der Waals surface area contributed by atoms with Gasteiger partial charge in [0.25, 0.3) is 5.91 Å². The number of aryl methyl sites for hydroxylation is 1. The van der Waals surface area contributed by atoms with Crippen LogP contribution < -0.4 is 14.2 Å². The lowest BCUT2D eigenvalue weighted by Crippen LogP contribution is -2.40. The molecule has 212 valence electrons. The first-order valence-electron chi connectivity index (χ1n) is 14.0. The van der Waals surface area contributed by atoms with E-state index in [9.17, 15) is 4.79 Å². The minimum atomic E-state index is 0.0272. The predicted octanol–water partition coefficient (Wildman–Crippen LogP) is 5.21. The van der Waals surface area contributed by atoms with Crippen LogP contribution in [0.2, 0.25) is 0 Å². The molecule has 1 saturated carbocycles. The number of amides is 1. The molecule has 3 heterocycles. The molecule has 1 aromatic heterocycles. The van der Waals surface area contributed by atoms with Gasteiger partial charge in [-0.1, -0.05) is 43.2 Å². The normalized spacial score (nSPS) is 22.6. The highest BCUT2D eigenvalue weighted by molar-refractivity contribution is 5.79. The molecular formula is C31H38N4O5. The Morgan fingerprint density at radius 3 is 2.62 bits per heavy atom. The number of hydrogen-bond acceptors (Lipinski definition) is 8. The fourth-order valence-corrected chi connectivity index (χ4v) is 7.07. The van der Waals surface area contributed by atoms with Crippen LogP contribution in [0.25, 0.3) is 11.1 Å². The molecule has 3 aliphatic rings. The molecule has 1 amide bonds. The van der Waals surface area contributed by atoms with Gasteiger partial charge in [0.2, 0.25) is 6.79 Å². The molecule has 2 unspecified atom stereocenters. The number of rotatable bonds is 8. The van der Waals surface area contributed by atoms with Gasteiger partial charge in [-0.05, 0) is 79.5 Å². The van der Waals surface area contributed by atoms with Gasteiger partial charge in [0.05, 0.1) is 0 Å². The lowest BCUT2D eigenvalue weighted by atomic mass is 9.65. The Kier molecular flexibility index (Phi) is 6.73. The second kappa shape index (κ2) is 10.1. The molecule has 2 fully saturated rings. The average Bonchev–Trinajstić information content (AvgIpc) is 3.59. The van der Waals surface area contributed by atoms with Crippen molar-refractivity contribution in [3.63, 3.8) is 0 Å². The van der Waals surface area contributed by atoms with Crippen molar-refractivity contribution in [2.75, 3.05) is 27.0 Å². The first-order chi connectivity index (χ1) is 19.1. The fraction of sp³-hybridized carbons (Fsp3) is 0.516. The number of nitrogens with zero attached hydrogens (tertiary/aromatic N) is 4. The van der Waals surface area contributed by atoms with E-state index in [-0.39, 0.29) is 30.1 Å². The number of carbonyl (C=O) groups excluding carboxylic acids is 1. The Labute approximate surface area is 235 Å². The molecule has 0 N–H and O–H groups in total. The summed E-state index contributed by atoms with van der Waals surface area (Å²) in [5, 5.41) is 7.93. The Bertz CT molecular complexity index is 1420.